The number of carbonyl (C=O) groups excluding carboxylic acids is 1. The molecule has 1 amide bonds. The van der Waals surface area contributed by atoms with Gasteiger partial charge in [0.05, 0.1) is 6.54 Å². The van der Waals surface area contributed by atoms with Gasteiger partial charge >= 0.3 is 0 Å². The fourth-order valence-electron chi connectivity index (χ4n) is 3.38. The number of rotatable bonds is 5. The quantitative estimate of drug-likeness (QED) is 0.723. The minimum atomic E-state index is 0.0665. The second-order valence-corrected chi connectivity index (χ2v) is 6.77. The van der Waals surface area contributed by atoms with Crippen LogP contribution in [0.1, 0.15) is 11.1 Å². The average Bonchev–Trinajstić information content (AvgIpc) is 3.17. The summed E-state index contributed by atoms with van der Waals surface area (Å²) in [6.45, 7) is 6.44. The van der Waals surface area contributed by atoms with Crippen LogP contribution < -0.4 is 10.2 Å². The first-order valence-corrected chi connectivity index (χ1v) is 9.14. The number of nitrogens with zero attached hydrogens (tertiary/aromatic N) is 6. The van der Waals surface area contributed by atoms with Crippen LogP contribution >= 0.6 is 0 Å². The summed E-state index contributed by atoms with van der Waals surface area (Å²) in [7, 11) is 0. The van der Waals surface area contributed by atoms with Gasteiger partial charge in [0.2, 0.25) is 5.91 Å². The van der Waals surface area contributed by atoms with Crippen LogP contribution in [0.25, 0.3) is 5.78 Å². The van der Waals surface area contributed by atoms with Gasteiger partial charge in [0.1, 0.15) is 12.1 Å². The lowest BCUT2D eigenvalue weighted by Crippen LogP contribution is -2.49. The van der Waals surface area contributed by atoms with Gasteiger partial charge in [-0.3, -0.25) is 14.1 Å². The van der Waals surface area contributed by atoms with E-state index >= 15 is 0 Å². The molecule has 1 N–H and O–H groups in total. The molecule has 3 aromatic rings. The first kappa shape index (κ1) is 17.4. The van der Waals surface area contributed by atoms with Crippen LogP contribution in [0, 0.1) is 6.92 Å². The van der Waals surface area contributed by atoms with E-state index in [2.05, 4.69) is 49.4 Å². The molecule has 0 unspecified atom stereocenters. The maximum absolute atomic E-state index is 12.3. The van der Waals surface area contributed by atoms with Crippen molar-refractivity contribution in [2.24, 2.45) is 0 Å². The van der Waals surface area contributed by atoms with E-state index in [0.717, 1.165) is 37.6 Å². The smallest absolute Gasteiger partial charge is 0.256 e. The van der Waals surface area contributed by atoms with Crippen molar-refractivity contribution in [3.8, 4) is 0 Å². The van der Waals surface area contributed by atoms with E-state index in [9.17, 15) is 4.79 Å². The second kappa shape index (κ2) is 7.71. The normalized spacial score (nSPS) is 15.2. The summed E-state index contributed by atoms with van der Waals surface area (Å²) >= 11 is 0. The number of nitrogens with one attached hydrogen (secondary N) is 1. The Morgan fingerprint density at radius 3 is 2.78 bits per heavy atom. The van der Waals surface area contributed by atoms with Crippen molar-refractivity contribution in [1.29, 1.82) is 0 Å². The van der Waals surface area contributed by atoms with Crippen LogP contribution in [-0.2, 0) is 11.3 Å². The number of fused-ring (bicyclic) bond motifs is 1. The maximum Gasteiger partial charge on any atom is 0.256 e. The Kier molecular flexibility index (Phi) is 4.97. The van der Waals surface area contributed by atoms with E-state index in [1.165, 1.54) is 5.56 Å². The number of hydrogen-bond acceptors (Lipinski definition) is 6. The van der Waals surface area contributed by atoms with Gasteiger partial charge in [-0.2, -0.15) is 0 Å². The number of hydrogen-bond donors (Lipinski definition) is 1. The third-order valence-corrected chi connectivity index (χ3v) is 4.99. The van der Waals surface area contributed by atoms with Crippen molar-refractivity contribution in [2.75, 3.05) is 37.6 Å². The number of piperazine rings is 1. The Bertz CT molecular complexity index is 930. The van der Waals surface area contributed by atoms with E-state index in [4.69, 9.17) is 0 Å². The Labute approximate surface area is 157 Å². The average molecular weight is 365 g/mol. The molecule has 0 aliphatic carbocycles. The summed E-state index contributed by atoms with van der Waals surface area (Å²) in [5, 5.41) is 10.9. The Hall–Kier alpha value is -3.00. The molecule has 1 fully saturated rings. The summed E-state index contributed by atoms with van der Waals surface area (Å²) in [4.78, 5) is 21.0. The molecule has 0 bridgehead atoms. The molecular formula is C19H23N7O. The first-order chi connectivity index (χ1) is 13.2. The van der Waals surface area contributed by atoms with E-state index in [0.29, 0.717) is 18.9 Å². The minimum absolute atomic E-state index is 0.0665. The van der Waals surface area contributed by atoms with Gasteiger partial charge in [0.15, 0.2) is 0 Å². The zero-order valence-electron chi connectivity index (χ0n) is 15.4. The van der Waals surface area contributed by atoms with Gasteiger partial charge in [-0.15, -0.1) is 10.2 Å². The van der Waals surface area contributed by atoms with Crippen LogP contribution in [0.15, 0.2) is 42.9 Å². The molecule has 0 saturated carbocycles. The van der Waals surface area contributed by atoms with Gasteiger partial charge in [0, 0.05) is 38.9 Å². The van der Waals surface area contributed by atoms with E-state index < -0.39 is 0 Å². The summed E-state index contributed by atoms with van der Waals surface area (Å²) in [6.07, 6.45) is 3.44. The third kappa shape index (κ3) is 3.90. The Morgan fingerprint density at radius 1 is 1.15 bits per heavy atom. The molecule has 1 saturated heterocycles. The number of anilines is 1. The number of aromatic nitrogens is 4. The first-order valence-electron chi connectivity index (χ1n) is 9.14. The summed E-state index contributed by atoms with van der Waals surface area (Å²) in [6, 6.07) is 10.1. The van der Waals surface area contributed by atoms with Crippen molar-refractivity contribution in [3.63, 3.8) is 0 Å². The van der Waals surface area contributed by atoms with E-state index in [1.807, 2.05) is 22.6 Å². The third-order valence-electron chi connectivity index (χ3n) is 4.99. The number of amides is 1. The van der Waals surface area contributed by atoms with Crippen LogP contribution in [0.2, 0.25) is 0 Å². The van der Waals surface area contributed by atoms with Crippen LogP contribution in [0.3, 0.4) is 0 Å². The lowest BCUT2D eigenvalue weighted by atomic mass is 10.1. The zero-order chi connectivity index (χ0) is 18.6. The summed E-state index contributed by atoms with van der Waals surface area (Å²) < 4.78 is 1.89. The molecule has 3 heterocycles. The van der Waals surface area contributed by atoms with Crippen molar-refractivity contribution < 1.29 is 4.79 Å². The predicted molar refractivity (Wildman–Crippen MR) is 102 cm³/mol. The van der Waals surface area contributed by atoms with Crippen LogP contribution in [0.5, 0.6) is 0 Å². The lowest BCUT2D eigenvalue weighted by Gasteiger charge is -2.35. The van der Waals surface area contributed by atoms with Gasteiger partial charge in [-0.05, 0) is 24.1 Å². The van der Waals surface area contributed by atoms with Crippen LogP contribution in [0.4, 0.5) is 5.82 Å². The molecule has 0 atom stereocenters. The zero-order valence-corrected chi connectivity index (χ0v) is 15.4. The molecule has 4 rings (SSSR count). The monoisotopic (exact) mass is 365 g/mol. The van der Waals surface area contributed by atoms with Crippen molar-refractivity contribution in [2.45, 2.75) is 13.5 Å². The van der Waals surface area contributed by atoms with Crippen LogP contribution in [-0.4, -0.2) is 63.1 Å². The molecule has 1 aromatic carbocycles. The van der Waals surface area contributed by atoms with Gasteiger partial charge in [-0.1, -0.05) is 24.3 Å². The number of aryl methyl sites for hydroxylation is 1. The highest BCUT2D eigenvalue weighted by atomic mass is 16.2. The highest BCUT2D eigenvalue weighted by Gasteiger charge is 2.21. The molecule has 1 aliphatic rings. The Morgan fingerprint density at radius 2 is 1.96 bits per heavy atom. The molecule has 0 spiro atoms. The second-order valence-electron chi connectivity index (χ2n) is 6.77. The van der Waals surface area contributed by atoms with Crippen molar-refractivity contribution in [1.82, 2.24) is 29.8 Å². The fraction of sp³-hybridized carbons (Fsp3) is 0.368. The van der Waals surface area contributed by atoms with Gasteiger partial charge in [-0.25, -0.2) is 4.98 Å². The minimum Gasteiger partial charge on any atom is -0.355 e. The Balaban J connectivity index is 1.29. The van der Waals surface area contributed by atoms with Gasteiger partial charge in [0.25, 0.3) is 5.78 Å². The summed E-state index contributed by atoms with van der Waals surface area (Å²) in [5.41, 5.74) is 2.36. The molecular weight excluding hydrogens is 342 g/mol. The topological polar surface area (TPSA) is 78.7 Å². The largest absolute Gasteiger partial charge is 0.355 e. The molecule has 8 heteroatoms. The maximum atomic E-state index is 12.3. The fourth-order valence-corrected chi connectivity index (χ4v) is 3.38. The molecule has 27 heavy (non-hydrogen) atoms. The van der Waals surface area contributed by atoms with Gasteiger partial charge < -0.3 is 10.2 Å². The van der Waals surface area contributed by atoms with E-state index in [-0.39, 0.29) is 5.91 Å². The van der Waals surface area contributed by atoms with Crippen molar-refractivity contribution >= 4 is 17.5 Å². The highest BCUT2D eigenvalue weighted by molar-refractivity contribution is 5.78. The van der Waals surface area contributed by atoms with Crippen molar-refractivity contribution in [3.05, 3.63) is 54.0 Å². The summed E-state index contributed by atoms with van der Waals surface area (Å²) in [5.74, 6) is 1.70. The highest BCUT2D eigenvalue weighted by Crippen LogP contribution is 2.16. The predicted octanol–water partition coefficient (Wildman–Crippen LogP) is 0.871. The lowest BCUT2D eigenvalue weighted by molar-refractivity contribution is -0.122. The SMILES string of the molecule is Cc1ccccc1CNC(=O)CN1CCN(c2ccnc3nncn23)CC1. The number of benzene rings is 1. The molecule has 140 valence electrons. The molecule has 8 nitrogen and oxygen atoms in total. The van der Waals surface area contributed by atoms with E-state index in [1.54, 1.807) is 12.5 Å². The molecule has 0 radical (unpaired) electrons. The standard InChI is InChI=1S/C19H23N7O/c1-15-4-2-3-5-16(15)12-21-17(27)13-24-8-10-25(11-9-24)18-6-7-20-19-23-22-14-26(18)19/h2-7,14H,8-13H2,1H3,(H,21,27). The molecule has 1 aliphatic heterocycles. The molecule has 2 aromatic heterocycles. The number of carbonyl (C=O) groups is 1.